The highest BCUT2D eigenvalue weighted by Crippen LogP contribution is 2.22. The summed E-state index contributed by atoms with van der Waals surface area (Å²) in [4.78, 5) is 10.5. The fraction of sp³-hybridized carbons (Fsp3) is 0.500. The summed E-state index contributed by atoms with van der Waals surface area (Å²) in [6.45, 7) is 9.02. The molecule has 0 atom stereocenters. The summed E-state index contributed by atoms with van der Waals surface area (Å²) in [7, 11) is 0. The summed E-state index contributed by atoms with van der Waals surface area (Å²) >= 11 is 0. The Morgan fingerprint density at radius 1 is 1.25 bits per heavy atom. The Hall–Kier alpha value is -1.31. The molecule has 0 amide bonds. The zero-order valence-corrected chi connectivity index (χ0v) is 10.5. The molecule has 1 aromatic carbocycles. The van der Waals surface area contributed by atoms with Gasteiger partial charge in [0.15, 0.2) is 0 Å². The molecule has 2 heteroatoms. The van der Waals surface area contributed by atoms with Crippen LogP contribution in [0.2, 0.25) is 0 Å². The molecule has 0 heterocycles. The van der Waals surface area contributed by atoms with Gasteiger partial charge in [-0.1, -0.05) is 13.8 Å². The van der Waals surface area contributed by atoms with Gasteiger partial charge in [-0.15, -0.1) is 0 Å². The third-order valence-corrected chi connectivity index (χ3v) is 2.54. The first-order valence-corrected chi connectivity index (χ1v) is 5.71. The van der Waals surface area contributed by atoms with Crippen LogP contribution in [-0.2, 0) is 11.2 Å². The maximum Gasteiger partial charge on any atom is 0.124 e. The van der Waals surface area contributed by atoms with Crippen molar-refractivity contribution in [2.75, 3.05) is 6.61 Å². The second kappa shape index (κ2) is 5.69. The largest absolute Gasteiger partial charge is 0.493 e. The molecule has 16 heavy (non-hydrogen) atoms. The average Bonchev–Trinajstić information content (AvgIpc) is 2.20. The standard InChI is InChI=1S/C14H20O2/c1-10(2)9-16-13-7-11(3)14(5-6-15)12(4)8-13/h6-8,10H,5,9H2,1-4H3. The first kappa shape index (κ1) is 12.8. The highest BCUT2D eigenvalue weighted by atomic mass is 16.5. The smallest absolute Gasteiger partial charge is 0.124 e. The maximum atomic E-state index is 10.5. The number of aldehydes is 1. The molecule has 0 aliphatic heterocycles. The molecule has 0 bridgehead atoms. The predicted octanol–water partition coefficient (Wildman–Crippen LogP) is 3.08. The quantitative estimate of drug-likeness (QED) is 0.713. The maximum absolute atomic E-state index is 10.5. The van der Waals surface area contributed by atoms with Crippen LogP contribution in [-0.4, -0.2) is 12.9 Å². The van der Waals surface area contributed by atoms with E-state index >= 15 is 0 Å². The molecule has 0 aliphatic rings. The third-order valence-electron chi connectivity index (χ3n) is 2.54. The lowest BCUT2D eigenvalue weighted by Crippen LogP contribution is -2.05. The molecule has 0 fully saturated rings. The molecule has 0 saturated heterocycles. The van der Waals surface area contributed by atoms with E-state index in [2.05, 4.69) is 13.8 Å². The first-order valence-electron chi connectivity index (χ1n) is 5.71. The second-order valence-electron chi connectivity index (χ2n) is 4.61. The Kier molecular flexibility index (Phi) is 4.53. The number of ether oxygens (including phenoxy) is 1. The summed E-state index contributed by atoms with van der Waals surface area (Å²) in [6, 6.07) is 4.02. The van der Waals surface area contributed by atoms with Crippen LogP contribution in [0.4, 0.5) is 0 Å². The molecular formula is C14H20O2. The second-order valence-corrected chi connectivity index (χ2v) is 4.61. The molecule has 0 unspecified atom stereocenters. The average molecular weight is 220 g/mol. The molecule has 88 valence electrons. The Morgan fingerprint density at radius 3 is 2.25 bits per heavy atom. The fourth-order valence-corrected chi connectivity index (χ4v) is 1.71. The minimum Gasteiger partial charge on any atom is -0.493 e. The monoisotopic (exact) mass is 220 g/mol. The first-order chi connectivity index (χ1) is 7.54. The topological polar surface area (TPSA) is 26.3 Å². The van der Waals surface area contributed by atoms with Crippen LogP contribution < -0.4 is 4.74 Å². The molecule has 0 aromatic heterocycles. The lowest BCUT2D eigenvalue weighted by Gasteiger charge is -2.13. The minimum absolute atomic E-state index is 0.488. The van der Waals surface area contributed by atoms with Gasteiger partial charge in [0.1, 0.15) is 12.0 Å². The summed E-state index contributed by atoms with van der Waals surface area (Å²) < 4.78 is 5.67. The molecule has 0 N–H and O–H groups in total. The minimum atomic E-state index is 0.488. The molecule has 0 saturated carbocycles. The van der Waals surface area contributed by atoms with Crippen molar-refractivity contribution in [3.63, 3.8) is 0 Å². The normalized spacial score (nSPS) is 10.6. The van der Waals surface area contributed by atoms with Crippen LogP contribution in [0.3, 0.4) is 0 Å². The van der Waals surface area contributed by atoms with Gasteiger partial charge in [0, 0.05) is 6.42 Å². The Bertz CT molecular complexity index is 344. The van der Waals surface area contributed by atoms with Gasteiger partial charge in [-0.3, -0.25) is 0 Å². The predicted molar refractivity (Wildman–Crippen MR) is 66.0 cm³/mol. The molecular weight excluding hydrogens is 200 g/mol. The fourth-order valence-electron chi connectivity index (χ4n) is 1.71. The highest BCUT2D eigenvalue weighted by molar-refractivity contribution is 5.58. The number of aryl methyl sites for hydroxylation is 2. The van der Waals surface area contributed by atoms with Crippen molar-refractivity contribution < 1.29 is 9.53 Å². The molecule has 1 aromatic rings. The van der Waals surface area contributed by atoms with Crippen LogP contribution in [0, 0.1) is 19.8 Å². The Labute approximate surface area is 97.6 Å². The Balaban J connectivity index is 2.86. The van der Waals surface area contributed by atoms with Gasteiger partial charge in [-0.05, 0) is 48.6 Å². The van der Waals surface area contributed by atoms with Crippen molar-refractivity contribution >= 4 is 6.29 Å². The molecule has 0 radical (unpaired) electrons. The zero-order chi connectivity index (χ0) is 12.1. The van der Waals surface area contributed by atoms with Crippen LogP contribution >= 0.6 is 0 Å². The van der Waals surface area contributed by atoms with Crippen molar-refractivity contribution in [2.24, 2.45) is 5.92 Å². The van der Waals surface area contributed by atoms with E-state index in [-0.39, 0.29) is 0 Å². The highest BCUT2D eigenvalue weighted by Gasteiger charge is 2.06. The zero-order valence-electron chi connectivity index (χ0n) is 10.5. The van der Waals surface area contributed by atoms with Gasteiger partial charge >= 0.3 is 0 Å². The van der Waals surface area contributed by atoms with E-state index < -0.39 is 0 Å². The van der Waals surface area contributed by atoms with Crippen LogP contribution in [0.1, 0.15) is 30.5 Å². The van der Waals surface area contributed by atoms with Crippen molar-refractivity contribution in [1.82, 2.24) is 0 Å². The van der Waals surface area contributed by atoms with E-state index in [1.807, 2.05) is 26.0 Å². The molecule has 0 spiro atoms. The number of carbonyl (C=O) groups is 1. The van der Waals surface area contributed by atoms with Gasteiger partial charge in [-0.25, -0.2) is 0 Å². The van der Waals surface area contributed by atoms with Gasteiger partial charge in [0.2, 0.25) is 0 Å². The number of benzene rings is 1. The van der Waals surface area contributed by atoms with E-state index in [0.29, 0.717) is 12.3 Å². The van der Waals surface area contributed by atoms with E-state index in [0.717, 1.165) is 35.3 Å². The third kappa shape index (κ3) is 3.37. The number of hydrogen-bond acceptors (Lipinski definition) is 2. The van der Waals surface area contributed by atoms with Crippen molar-refractivity contribution in [1.29, 1.82) is 0 Å². The van der Waals surface area contributed by atoms with Crippen molar-refractivity contribution in [2.45, 2.75) is 34.1 Å². The van der Waals surface area contributed by atoms with Gasteiger partial charge < -0.3 is 9.53 Å². The van der Waals surface area contributed by atoms with Crippen molar-refractivity contribution in [3.05, 3.63) is 28.8 Å². The van der Waals surface area contributed by atoms with Crippen LogP contribution in [0.5, 0.6) is 5.75 Å². The van der Waals surface area contributed by atoms with Gasteiger partial charge in [0.25, 0.3) is 0 Å². The SMILES string of the molecule is Cc1cc(OCC(C)C)cc(C)c1CC=O. The summed E-state index contributed by atoms with van der Waals surface area (Å²) in [5.74, 6) is 1.42. The molecule has 2 nitrogen and oxygen atoms in total. The van der Waals surface area contributed by atoms with E-state index in [9.17, 15) is 4.79 Å². The lowest BCUT2D eigenvalue weighted by molar-refractivity contribution is -0.107. The Morgan fingerprint density at radius 2 is 1.81 bits per heavy atom. The van der Waals surface area contributed by atoms with E-state index in [1.165, 1.54) is 0 Å². The molecule has 0 aliphatic carbocycles. The van der Waals surface area contributed by atoms with Gasteiger partial charge in [0.05, 0.1) is 6.61 Å². The van der Waals surface area contributed by atoms with E-state index in [1.54, 1.807) is 0 Å². The number of carbonyl (C=O) groups excluding carboxylic acids is 1. The lowest BCUT2D eigenvalue weighted by atomic mass is 10.0. The summed E-state index contributed by atoms with van der Waals surface area (Å²) in [5.41, 5.74) is 3.38. The summed E-state index contributed by atoms with van der Waals surface area (Å²) in [5, 5.41) is 0. The van der Waals surface area contributed by atoms with Crippen molar-refractivity contribution in [3.8, 4) is 5.75 Å². The van der Waals surface area contributed by atoms with Crippen LogP contribution in [0.25, 0.3) is 0 Å². The van der Waals surface area contributed by atoms with E-state index in [4.69, 9.17) is 4.74 Å². The van der Waals surface area contributed by atoms with Crippen LogP contribution in [0.15, 0.2) is 12.1 Å². The number of hydrogen-bond donors (Lipinski definition) is 0. The molecule has 1 rings (SSSR count). The summed E-state index contributed by atoms with van der Waals surface area (Å²) in [6.07, 6.45) is 1.44. The van der Waals surface area contributed by atoms with Gasteiger partial charge in [-0.2, -0.15) is 0 Å². The number of rotatable bonds is 5.